The topological polar surface area (TPSA) is 71.3 Å². The molecule has 0 aliphatic rings. The molecule has 6 heteroatoms. The van der Waals surface area contributed by atoms with E-state index in [2.05, 4.69) is 10.6 Å². The second-order valence-corrected chi connectivity index (χ2v) is 7.26. The molecule has 1 aromatic heterocycles. The molecule has 27 heavy (non-hydrogen) atoms. The molecule has 3 aromatic rings. The van der Waals surface area contributed by atoms with Crippen LogP contribution in [0.2, 0.25) is 5.02 Å². The Morgan fingerprint density at radius 2 is 1.67 bits per heavy atom. The number of halogens is 1. The first kappa shape index (κ1) is 19.0. The van der Waals surface area contributed by atoms with Crippen LogP contribution in [0.15, 0.2) is 46.9 Å². The van der Waals surface area contributed by atoms with Gasteiger partial charge in [0.25, 0.3) is 5.91 Å². The van der Waals surface area contributed by atoms with Gasteiger partial charge in [0.05, 0.1) is 5.02 Å². The normalized spacial score (nSPS) is 11.0. The first-order valence-corrected chi connectivity index (χ1v) is 9.12. The van der Waals surface area contributed by atoms with Crippen molar-refractivity contribution in [3.63, 3.8) is 0 Å². The lowest BCUT2D eigenvalue weighted by atomic mass is 10.1. The molecular formula is C21H21ClN2O3. The van der Waals surface area contributed by atoms with E-state index in [0.717, 1.165) is 10.9 Å². The largest absolute Gasteiger partial charge is 0.449 e. The van der Waals surface area contributed by atoms with E-state index < -0.39 is 0 Å². The van der Waals surface area contributed by atoms with Gasteiger partial charge in [-0.25, -0.2) is 0 Å². The predicted octanol–water partition coefficient (Wildman–Crippen LogP) is 5.63. The lowest BCUT2D eigenvalue weighted by molar-refractivity contribution is -0.116. The van der Waals surface area contributed by atoms with Crippen LogP contribution in [0.1, 0.15) is 36.4 Å². The van der Waals surface area contributed by atoms with Gasteiger partial charge in [0.2, 0.25) is 5.91 Å². The molecule has 0 radical (unpaired) electrons. The third-order valence-corrected chi connectivity index (χ3v) is 4.44. The van der Waals surface area contributed by atoms with Crippen LogP contribution in [-0.2, 0) is 4.79 Å². The van der Waals surface area contributed by atoms with Gasteiger partial charge in [-0.05, 0) is 43.2 Å². The Labute approximate surface area is 162 Å². The van der Waals surface area contributed by atoms with E-state index in [0.29, 0.717) is 34.3 Å². The van der Waals surface area contributed by atoms with Gasteiger partial charge in [0, 0.05) is 28.7 Å². The molecule has 0 bridgehead atoms. The van der Waals surface area contributed by atoms with Gasteiger partial charge in [-0.15, -0.1) is 0 Å². The van der Waals surface area contributed by atoms with Crippen molar-refractivity contribution in [1.82, 2.24) is 0 Å². The van der Waals surface area contributed by atoms with Crippen molar-refractivity contribution in [2.24, 2.45) is 5.92 Å². The van der Waals surface area contributed by atoms with E-state index in [1.807, 2.05) is 32.9 Å². The Bertz CT molecular complexity index is 991. The minimum absolute atomic E-state index is 0.0310. The Kier molecular flexibility index (Phi) is 5.51. The summed E-state index contributed by atoms with van der Waals surface area (Å²) in [5, 5.41) is 6.92. The number of anilines is 2. The zero-order valence-corrected chi connectivity index (χ0v) is 16.2. The van der Waals surface area contributed by atoms with Gasteiger partial charge in [-0.1, -0.05) is 37.6 Å². The average molecular weight is 385 g/mol. The van der Waals surface area contributed by atoms with Crippen LogP contribution in [-0.4, -0.2) is 11.8 Å². The summed E-state index contributed by atoms with van der Waals surface area (Å²) in [6, 6.07) is 12.4. The van der Waals surface area contributed by atoms with Gasteiger partial charge < -0.3 is 15.1 Å². The van der Waals surface area contributed by atoms with Gasteiger partial charge in [-0.3, -0.25) is 9.59 Å². The monoisotopic (exact) mass is 384 g/mol. The molecule has 3 rings (SSSR count). The number of hydrogen-bond donors (Lipinski definition) is 2. The quantitative estimate of drug-likeness (QED) is 0.598. The molecule has 2 aromatic carbocycles. The number of hydrogen-bond acceptors (Lipinski definition) is 3. The summed E-state index contributed by atoms with van der Waals surface area (Å²) in [5.41, 5.74) is 2.53. The number of nitrogens with one attached hydrogen (secondary N) is 2. The highest BCUT2D eigenvalue weighted by Crippen LogP contribution is 2.31. The maximum atomic E-state index is 12.6. The zero-order valence-electron chi connectivity index (χ0n) is 15.4. The van der Waals surface area contributed by atoms with E-state index in [-0.39, 0.29) is 17.6 Å². The van der Waals surface area contributed by atoms with Crippen molar-refractivity contribution < 1.29 is 14.0 Å². The number of carbonyl (C=O) groups excluding carboxylic acids is 2. The van der Waals surface area contributed by atoms with Crippen molar-refractivity contribution in [2.45, 2.75) is 27.2 Å². The molecular weight excluding hydrogens is 364 g/mol. The molecule has 140 valence electrons. The van der Waals surface area contributed by atoms with Crippen molar-refractivity contribution in [1.29, 1.82) is 0 Å². The van der Waals surface area contributed by atoms with Crippen molar-refractivity contribution in [3.05, 3.63) is 58.8 Å². The van der Waals surface area contributed by atoms with Crippen LogP contribution in [0.4, 0.5) is 11.4 Å². The highest BCUT2D eigenvalue weighted by molar-refractivity contribution is 6.35. The average Bonchev–Trinajstić information content (AvgIpc) is 2.94. The fourth-order valence-electron chi connectivity index (χ4n) is 2.83. The molecule has 0 saturated carbocycles. The third-order valence-electron chi connectivity index (χ3n) is 4.14. The summed E-state index contributed by atoms with van der Waals surface area (Å²) >= 11 is 6.14. The van der Waals surface area contributed by atoms with E-state index >= 15 is 0 Å². The molecule has 0 unspecified atom stereocenters. The Balaban J connectivity index is 1.72. The highest BCUT2D eigenvalue weighted by Gasteiger charge is 2.19. The number of rotatable bonds is 5. The van der Waals surface area contributed by atoms with Crippen LogP contribution < -0.4 is 10.6 Å². The standard InChI is InChI=1S/C21H21ClN2O3/c1-12(2)11-18(25)23-14-7-9-15(10-8-14)24-21(26)19-13(3)16-5-4-6-17(22)20(16)27-19/h4-10,12H,11H2,1-3H3,(H,23,25)(H,24,26). The molecule has 2 amide bonds. The fraction of sp³-hybridized carbons (Fsp3) is 0.238. The number of amides is 2. The third kappa shape index (κ3) is 4.31. The second kappa shape index (κ2) is 7.84. The first-order valence-electron chi connectivity index (χ1n) is 8.74. The number of carbonyl (C=O) groups is 2. The van der Waals surface area contributed by atoms with E-state index in [1.54, 1.807) is 30.3 Å². The Morgan fingerprint density at radius 3 is 2.26 bits per heavy atom. The molecule has 1 heterocycles. The predicted molar refractivity (Wildman–Crippen MR) is 108 cm³/mol. The van der Waals surface area contributed by atoms with Gasteiger partial charge in [0.15, 0.2) is 11.3 Å². The maximum absolute atomic E-state index is 12.6. The highest BCUT2D eigenvalue weighted by atomic mass is 35.5. The number of aryl methyl sites for hydroxylation is 1. The van der Waals surface area contributed by atoms with Crippen LogP contribution in [0.3, 0.4) is 0 Å². The molecule has 0 saturated heterocycles. The summed E-state index contributed by atoms with van der Waals surface area (Å²) in [7, 11) is 0. The summed E-state index contributed by atoms with van der Waals surface area (Å²) in [6.45, 7) is 5.81. The molecule has 2 N–H and O–H groups in total. The lowest BCUT2D eigenvalue weighted by Crippen LogP contribution is -2.14. The zero-order chi connectivity index (χ0) is 19.6. The van der Waals surface area contributed by atoms with Crippen molar-refractivity contribution in [2.75, 3.05) is 10.6 Å². The Hall–Kier alpha value is -2.79. The molecule has 5 nitrogen and oxygen atoms in total. The van der Waals surface area contributed by atoms with Gasteiger partial charge >= 0.3 is 0 Å². The van der Waals surface area contributed by atoms with Crippen molar-refractivity contribution >= 4 is 45.8 Å². The Morgan fingerprint density at radius 1 is 1.04 bits per heavy atom. The number of fused-ring (bicyclic) bond motifs is 1. The smallest absolute Gasteiger partial charge is 0.291 e. The van der Waals surface area contributed by atoms with Crippen LogP contribution in [0.5, 0.6) is 0 Å². The van der Waals surface area contributed by atoms with Gasteiger partial charge in [0.1, 0.15) is 0 Å². The number of benzene rings is 2. The van der Waals surface area contributed by atoms with Crippen LogP contribution in [0.25, 0.3) is 11.0 Å². The molecule has 0 aliphatic heterocycles. The van der Waals surface area contributed by atoms with E-state index in [9.17, 15) is 9.59 Å². The number of furan rings is 1. The molecule has 0 aliphatic carbocycles. The summed E-state index contributed by atoms with van der Waals surface area (Å²) in [4.78, 5) is 24.4. The fourth-order valence-corrected chi connectivity index (χ4v) is 3.05. The van der Waals surface area contributed by atoms with Crippen LogP contribution in [0, 0.1) is 12.8 Å². The van der Waals surface area contributed by atoms with Gasteiger partial charge in [-0.2, -0.15) is 0 Å². The molecule has 0 fully saturated rings. The minimum Gasteiger partial charge on any atom is -0.449 e. The maximum Gasteiger partial charge on any atom is 0.291 e. The van der Waals surface area contributed by atoms with E-state index in [4.69, 9.17) is 16.0 Å². The molecule has 0 atom stereocenters. The minimum atomic E-state index is -0.351. The van der Waals surface area contributed by atoms with E-state index in [1.165, 1.54) is 0 Å². The molecule has 0 spiro atoms. The van der Waals surface area contributed by atoms with Crippen molar-refractivity contribution in [3.8, 4) is 0 Å². The lowest BCUT2D eigenvalue weighted by Gasteiger charge is -2.08. The second-order valence-electron chi connectivity index (χ2n) is 6.85. The number of para-hydroxylation sites is 1. The summed E-state index contributed by atoms with van der Waals surface area (Å²) in [5.74, 6) is 0.143. The summed E-state index contributed by atoms with van der Waals surface area (Å²) < 4.78 is 5.68. The summed E-state index contributed by atoms with van der Waals surface area (Å²) in [6.07, 6.45) is 0.465. The first-order chi connectivity index (χ1) is 12.8. The van der Waals surface area contributed by atoms with Crippen LogP contribution >= 0.6 is 11.6 Å². The SMILES string of the molecule is Cc1c(C(=O)Nc2ccc(NC(=O)CC(C)C)cc2)oc2c(Cl)cccc12.